The molecule has 1 aromatic carbocycles. The highest BCUT2D eigenvalue weighted by Crippen LogP contribution is 2.17. The lowest BCUT2D eigenvalue weighted by atomic mass is 10.2. The van der Waals surface area contributed by atoms with Crippen LogP contribution in [0.25, 0.3) is 0 Å². The van der Waals surface area contributed by atoms with Crippen molar-refractivity contribution in [2.24, 2.45) is 0 Å². The van der Waals surface area contributed by atoms with E-state index in [0.29, 0.717) is 0 Å². The zero-order valence-electron chi connectivity index (χ0n) is 10.4. The lowest BCUT2D eigenvalue weighted by Gasteiger charge is -2.19. The normalized spacial score (nSPS) is 11.9. The third kappa shape index (κ3) is 5.00. The maximum absolute atomic E-state index is 5.89. The standard InChI is InChI=1S/C12H21NOSi/c1-13(2)10-11-6-8-12(9-7-11)14-15(3,4)5/h6-9H,10H2,1-5H3. The zero-order chi connectivity index (χ0) is 11.5. The SMILES string of the molecule is CN(C)Cc1ccc(O[Si](C)(C)C)cc1. The van der Waals surface area contributed by atoms with Crippen LogP contribution in [0.5, 0.6) is 5.75 Å². The van der Waals surface area contributed by atoms with E-state index >= 15 is 0 Å². The molecular weight excluding hydrogens is 202 g/mol. The summed E-state index contributed by atoms with van der Waals surface area (Å²) >= 11 is 0. The van der Waals surface area contributed by atoms with E-state index in [2.05, 4.69) is 62.9 Å². The van der Waals surface area contributed by atoms with E-state index in [-0.39, 0.29) is 0 Å². The average molecular weight is 223 g/mol. The Kier molecular flexibility index (Phi) is 3.94. The fourth-order valence-corrected chi connectivity index (χ4v) is 2.22. The third-order valence-corrected chi connectivity index (χ3v) is 2.69. The Morgan fingerprint density at radius 3 is 2.00 bits per heavy atom. The van der Waals surface area contributed by atoms with E-state index in [0.717, 1.165) is 12.3 Å². The minimum absolute atomic E-state index is 0.979. The van der Waals surface area contributed by atoms with Gasteiger partial charge in [-0.15, -0.1) is 0 Å². The second-order valence-electron chi connectivity index (χ2n) is 5.10. The highest BCUT2D eigenvalue weighted by molar-refractivity contribution is 6.70. The van der Waals surface area contributed by atoms with Crippen molar-refractivity contribution >= 4 is 8.32 Å². The van der Waals surface area contributed by atoms with Crippen molar-refractivity contribution in [1.29, 1.82) is 0 Å². The van der Waals surface area contributed by atoms with Gasteiger partial charge in [0.25, 0.3) is 0 Å². The molecule has 0 saturated heterocycles. The van der Waals surface area contributed by atoms with Gasteiger partial charge in [0.05, 0.1) is 0 Å². The van der Waals surface area contributed by atoms with Crippen LogP contribution in [0.4, 0.5) is 0 Å². The number of benzene rings is 1. The molecule has 0 radical (unpaired) electrons. The predicted molar refractivity (Wildman–Crippen MR) is 67.8 cm³/mol. The van der Waals surface area contributed by atoms with Gasteiger partial charge in [-0.25, -0.2) is 0 Å². The van der Waals surface area contributed by atoms with E-state index in [1.54, 1.807) is 0 Å². The van der Waals surface area contributed by atoms with Gasteiger partial charge >= 0.3 is 0 Å². The van der Waals surface area contributed by atoms with Crippen LogP contribution in [0.1, 0.15) is 5.56 Å². The van der Waals surface area contributed by atoms with Gasteiger partial charge in [0.15, 0.2) is 0 Å². The summed E-state index contributed by atoms with van der Waals surface area (Å²) in [4.78, 5) is 2.16. The van der Waals surface area contributed by atoms with Crippen molar-refractivity contribution in [2.75, 3.05) is 14.1 Å². The Morgan fingerprint density at radius 2 is 1.60 bits per heavy atom. The Labute approximate surface area is 94.0 Å². The van der Waals surface area contributed by atoms with Crippen molar-refractivity contribution in [2.45, 2.75) is 26.2 Å². The fraction of sp³-hybridized carbons (Fsp3) is 0.500. The predicted octanol–water partition coefficient (Wildman–Crippen LogP) is 2.96. The fourth-order valence-electron chi connectivity index (χ4n) is 1.38. The van der Waals surface area contributed by atoms with E-state index in [9.17, 15) is 0 Å². The van der Waals surface area contributed by atoms with Crippen LogP contribution in [0.3, 0.4) is 0 Å². The summed E-state index contributed by atoms with van der Waals surface area (Å²) in [6.45, 7) is 7.56. The Balaban J connectivity index is 2.64. The van der Waals surface area contributed by atoms with E-state index in [4.69, 9.17) is 4.43 Å². The first-order valence-electron chi connectivity index (χ1n) is 5.29. The van der Waals surface area contributed by atoms with Gasteiger partial charge in [-0.3, -0.25) is 0 Å². The molecule has 3 heteroatoms. The van der Waals surface area contributed by atoms with E-state index < -0.39 is 8.32 Å². The van der Waals surface area contributed by atoms with Crippen molar-refractivity contribution in [1.82, 2.24) is 4.90 Å². The Bertz CT molecular complexity index is 300. The monoisotopic (exact) mass is 223 g/mol. The summed E-state index contributed by atoms with van der Waals surface area (Å²) in [5, 5.41) is 0. The van der Waals surface area contributed by atoms with Crippen LogP contribution in [-0.4, -0.2) is 27.3 Å². The molecule has 0 aromatic heterocycles. The third-order valence-electron chi connectivity index (χ3n) is 1.85. The van der Waals surface area contributed by atoms with E-state index in [1.807, 2.05) is 0 Å². The summed E-state index contributed by atoms with van der Waals surface area (Å²) < 4.78 is 5.89. The molecule has 0 saturated carbocycles. The van der Waals surface area contributed by atoms with Gasteiger partial charge in [-0.1, -0.05) is 12.1 Å². The summed E-state index contributed by atoms with van der Waals surface area (Å²) in [7, 11) is 2.69. The lowest BCUT2D eigenvalue weighted by Crippen LogP contribution is -2.29. The van der Waals surface area contributed by atoms with Gasteiger partial charge in [0.1, 0.15) is 5.75 Å². The maximum Gasteiger partial charge on any atom is 0.242 e. The maximum atomic E-state index is 5.89. The van der Waals surface area contributed by atoms with Crippen LogP contribution >= 0.6 is 0 Å². The first-order chi connectivity index (χ1) is 6.87. The van der Waals surface area contributed by atoms with Crippen LogP contribution < -0.4 is 4.43 Å². The van der Waals surface area contributed by atoms with E-state index in [1.165, 1.54) is 5.56 Å². The molecule has 0 unspecified atom stereocenters. The number of hydrogen-bond donors (Lipinski definition) is 0. The van der Waals surface area contributed by atoms with Crippen LogP contribution in [0.2, 0.25) is 19.6 Å². The Morgan fingerprint density at radius 1 is 1.07 bits per heavy atom. The number of hydrogen-bond acceptors (Lipinski definition) is 2. The van der Waals surface area contributed by atoms with Crippen molar-refractivity contribution in [3.8, 4) is 5.75 Å². The molecule has 0 atom stereocenters. The quantitative estimate of drug-likeness (QED) is 0.728. The van der Waals surface area contributed by atoms with Gasteiger partial charge in [-0.2, -0.15) is 0 Å². The Hall–Kier alpha value is -0.803. The second kappa shape index (κ2) is 4.81. The number of rotatable bonds is 4. The molecular formula is C12H21NOSi. The second-order valence-corrected chi connectivity index (χ2v) is 9.53. The smallest absolute Gasteiger partial charge is 0.242 e. The molecule has 0 aliphatic carbocycles. The molecule has 0 N–H and O–H groups in total. The summed E-state index contributed by atoms with van der Waals surface area (Å²) in [5.74, 6) is 0.997. The molecule has 0 aliphatic heterocycles. The summed E-state index contributed by atoms with van der Waals surface area (Å²) in [6.07, 6.45) is 0. The first-order valence-corrected chi connectivity index (χ1v) is 8.70. The molecule has 0 bridgehead atoms. The zero-order valence-corrected chi connectivity index (χ0v) is 11.4. The summed E-state index contributed by atoms with van der Waals surface area (Å²) in [6, 6.07) is 8.40. The minimum atomic E-state index is -1.46. The van der Waals surface area contributed by atoms with Crippen molar-refractivity contribution < 1.29 is 4.43 Å². The molecule has 0 amide bonds. The molecule has 84 valence electrons. The highest BCUT2D eigenvalue weighted by Gasteiger charge is 2.15. The molecule has 2 nitrogen and oxygen atoms in total. The van der Waals surface area contributed by atoms with Gasteiger partial charge in [-0.05, 0) is 51.4 Å². The van der Waals surface area contributed by atoms with Crippen LogP contribution in [-0.2, 0) is 6.54 Å². The molecule has 0 heterocycles. The van der Waals surface area contributed by atoms with Crippen LogP contribution in [0.15, 0.2) is 24.3 Å². The molecule has 1 rings (SSSR count). The minimum Gasteiger partial charge on any atom is -0.544 e. The molecule has 15 heavy (non-hydrogen) atoms. The van der Waals surface area contributed by atoms with Gasteiger partial charge in [0.2, 0.25) is 8.32 Å². The summed E-state index contributed by atoms with van der Waals surface area (Å²) in [5.41, 5.74) is 1.32. The van der Waals surface area contributed by atoms with Crippen molar-refractivity contribution in [3.63, 3.8) is 0 Å². The molecule has 0 aliphatic rings. The molecule has 0 fully saturated rings. The number of nitrogens with zero attached hydrogens (tertiary/aromatic N) is 1. The van der Waals surface area contributed by atoms with Crippen LogP contribution in [0, 0.1) is 0 Å². The average Bonchev–Trinajstić information content (AvgIpc) is 2.05. The topological polar surface area (TPSA) is 12.5 Å². The van der Waals surface area contributed by atoms with Gasteiger partial charge in [0, 0.05) is 6.54 Å². The molecule has 0 spiro atoms. The molecule has 1 aromatic rings. The largest absolute Gasteiger partial charge is 0.544 e. The van der Waals surface area contributed by atoms with Crippen molar-refractivity contribution in [3.05, 3.63) is 29.8 Å². The van der Waals surface area contributed by atoms with Gasteiger partial charge < -0.3 is 9.33 Å². The first kappa shape index (κ1) is 12.3. The highest BCUT2D eigenvalue weighted by atomic mass is 28.4. The lowest BCUT2D eigenvalue weighted by molar-refractivity contribution is 0.402.